The van der Waals surface area contributed by atoms with Crippen LogP contribution in [0.2, 0.25) is 0 Å². The summed E-state index contributed by atoms with van der Waals surface area (Å²) in [4.78, 5) is 30.2. The largest absolute Gasteiger partial charge is 0.338 e. The first-order chi connectivity index (χ1) is 12.2. The number of hydrogen-bond donors (Lipinski definition) is 1. The molecule has 1 N–H and O–H groups in total. The summed E-state index contributed by atoms with van der Waals surface area (Å²) in [5.74, 6) is 0.000701. The van der Waals surface area contributed by atoms with E-state index in [0.29, 0.717) is 18.5 Å². The Morgan fingerprint density at radius 1 is 1.12 bits per heavy atom. The minimum absolute atomic E-state index is 0.202. The first kappa shape index (κ1) is 15.4. The zero-order valence-corrected chi connectivity index (χ0v) is 13.7. The molecule has 4 rings (SSSR count). The maximum atomic E-state index is 12.4. The van der Waals surface area contributed by atoms with E-state index in [1.807, 2.05) is 41.3 Å². The van der Waals surface area contributed by atoms with Crippen molar-refractivity contribution in [3.63, 3.8) is 0 Å². The highest BCUT2D eigenvalue weighted by molar-refractivity contribution is 6.00. The van der Waals surface area contributed by atoms with Crippen LogP contribution >= 0.6 is 0 Å². The van der Waals surface area contributed by atoms with Crippen molar-refractivity contribution in [2.45, 2.75) is 19.4 Å². The first-order valence-corrected chi connectivity index (χ1v) is 8.31. The molecule has 1 aromatic heterocycles. The van der Waals surface area contributed by atoms with E-state index in [1.165, 1.54) is 0 Å². The molecule has 2 amide bonds. The lowest BCUT2D eigenvalue weighted by molar-refractivity contribution is -0.128. The Kier molecular flexibility index (Phi) is 3.93. The number of hydrogen-bond acceptors (Lipinski definition) is 3. The van der Waals surface area contributed by atoms with Gasteiger partial charge in [0.25, 0.3) is 5.91 Å². The van der Waals surface area contributed by atoms with Crippen molar-refractivity contribution >= 4 is 22.8 Å². The summed E-state index contributed by atoms with van der Waals surface area (Å²) in [7, 11) is 0. The molecule has 0 bridgehead atoms. The topological polar surface area (TPSA) is 67.2 Å². The van der Waals surface area contributed by atoms with Crippen LogP contribution in [0.5, 0.6) is 0 Å². The van der Waals surface area contributed by atoms with E-state index >= 15 is 0 Å². The molecule has 0 spiro atoms. The molecule has 1 fully saturated rings. The highest BCUT2D eigenvalue weighted by atomic mass is 16.2. The summed E-state index contributed by atoms with van der Waals surface area (Å²) >= 11 is 0. The van der Waals surface area contributed by atoms with Gasteiger partial charge in [0.1, 0.15) is 6.33 Å². The SMILES string of the molecule is O=C(Nn1cnc2ccccc21)c1ccc(CN2CCCC2=O)cc1. The Bertz CT molecular complexity index is 930. The van der Waals surface area contributed by atoms with Crippen LogP contribution < -0.4 is 5.43 Å². The number of amides is 2. The molecule has 1 aliphatic heterocycles. The van der Waals surface area contributed by atoms with Crippen molar-refractivity contribution in [1.82, 2.24) is 14.6 Å². The van der Waals surface area contributed by atoms with Crippen LogP contribution in [0.3, 0.4) is 0 Å². The van der Waals surface area contributed by atoms with Crippen LogP contribution in [0, 0.1) is 0 Å². The number of aromatic nitrogens is 2. The normalized spacial score (nSPS) is 14.2. The zero-order valence-electron chi connectivity index (χ0n) is 13.7. The van der Waals surface area contributed by atoms with Crippen molar-refractivity contribution in [1.29, 1.82) is 0 Å². The van der Waals surface area contributed by atoms with Crippen molar-refractivity contribution in [3.05, 3.63) is 66.0 Å². The molecule has 3 aromatic rings. The molecule has 126 valence electrons. The Balaban J connectivity index is 1.46. The van der Waals surface area contributed by atoms with Crippen LogP contribution in [0.1, 0.15) is 28.8 Å². The summed E-state index contributed by atoms with van der Waals surface area (Å²) in [6.07, 6.45) is 3.16. The fraction of sp³-hybridized carbons (Fsp3) is 0.211. The number of imidazole rings is 1. The van der Waals surface area contributed by atoms with Gasteiger partial charge in [-0.3, -0.25) is 15.0 Å². The molecule has 0 radical (unpaired) electrons. The third-order valence-electron chi connectivity index (χ3n) is 4.44. The molecule has 2 aromatic carbocycles. The highest BCUT2D eigenvalue weighted by Crippen LogP contribution is 2.15. The van der Waals surface area contributed by atoms with Gasteiger partial charge in [0, 0.05) is 25.1 Å². The van der Waals surface area contributed by atoms with Gasteiger partial charge in [-0.25, -0.2) is 9.66 Å². The quantitative estimate of drug-likeness (QED) is 0.797. The van der Waals surface area contributed by atoms with Crippen molar-refractivity contribution in [2.24, 2.45) is 0 Å². The fourth-order valence-corrected chi connectivity index (χ4v) is 3.08. The standard InChI is InChI=1S/C19H18N4O2/c24-18-6-3-11-22(18)12-14-7-9-15(10-8-14)19(25)21-23-13-20-16-4-1-2-5-17(16)23/h1-2,4-5,7-10,13H,3,6,11-12H2,(H,21,25). The Labute approximate surface area is 145 Å². The molecular formula is C19H18N4O2. The summed E-state index contributed by atoms with van der Waals surface area (Å²) in [5.41, 5.74) is 6.10. The number of para-hydroxylation sites is 2. The molecule has 25 heavy (non-hydrogen) atoms. The van der Waals surface area contributed by atoms with E-state index in [2.05, 4.69) is 10.4 Å². The molecule has 0 atom stereocenters. The summed E-state index contributed by atoms with van der Waals surface area (Å²) < 4.78 is 1.62. The lowest BCUT2D eigenvalue weighted by Gasteiger charge is -2.15. The summed E-state index contributed by atoms with van der Waals surface area (Å²) in [6.45, 7) is 1.42. The molecule has 6 nitrogen and oxygen atoms in total. The van der Waals surface area contributed by atoms with Crippen LogP contribution in [-0.2, 0) is 11.3 Å². The first-order valence-electron chi connectivity index (χ1n) is 8.31. The number of likely N-dealkylation sites (tertiary alicyclic amines) is 1. The van der Waals surface area contributed by atoms with Crippen molar-refractivity contribution in [3.8, 4) is 0 Å². The van der Waals surface area contributed by atoms with Crippen molar-refractivity contribution < 1.29 is 9.59 Å². The zero-order chi connectivity index (χ0) is 17.2. The Hall–Kier alpha value is -3.15. The number of nitrogens with one attached hydrogen (secondary N) is 1. The van der Waals surface area contributed by atoms with Gasteiger partial charge < -0.3 is 4.90 Å². The van der Waals surface area contributed by atoms with Gasteiger partial charge in [0.15, 0.2) is 0 Å². The number of fused-ring (bicyclic) bond motifs is 1. The number of carbonyl (C=O) groups is 2. The number of carbonyl (C=O) groups excluding carboxylic acids is 2. The molecule has 1 aliphatic rings. The molecule has 6 heteroatoms. The summed E-state index contributed by atoms with van der Waals surface area (Å²) in [6, 6.07) is 15.0. The lowest BCUT2D eigenvalue weighted by Crippen LogP contribution is -2.24. The van der Waals surface area contributed by atoms with Gasteiger partial charge in [-0.05, 0) is 36.2 Å². The average molecular weight is 334 g/mol. The van der Waals surface area contributed by atoms with Gasteiger partial charge in [-0.2, -0.15) is 0 Å². The second-order valence-electron chi connectivity index (χ2n) is 6.16. The maximum Gasteiger partial charge on any atom is 0.270 e. The number of nitrogens with zero attached hydrogens (tertiary/aromatic N) is 3. The Morgan fingerprint density at radius 3 is 2.68 bits per heavy atom. The highest BCUT2D eigenvalue weighted by Gasteiger charge is 2.20. The fourth-order valence-electron chi connectivity index (χ4n) is 3.08. The molecule has 0 unspecified atom stereocenters. The molecule has 1 saturated heterocycles. The van der Waals surface area contributed by atoms with Crippen LogP contribution in [0.25, 0.3) is 11.0 Å². The minimum atomic E-state index is -0.202. The molecule has 0 saturated carbocycles. The summed E-state index contributed by atoms with van der Waals surface area (Å²) in [5, 5.41) is 0. The van der Waals surface area contributed by atoms with Gasteiger partial charge >= 0.3 is 0 Å². The van der Waals surface area contributed by atoms with Gasteiger partial charge in [-0.15, -0.1) is 0 Å². The monoisotopic (exact) mass is 334 g/mol. The lowest BCUT2D eigenvalue weighted by atomic mass is 10.1. The second kappa shape index (κ2) is 6.39. The maximum absolute atomic E-state index is 12.4. The van der Waals surface area contributed by atoms with E-state index in [-0.39, 0.29) is 11.8 Å². The number of benzene rings is 2. The second-order valence-corrected chi connectivity index (χ2v) is 6.16. The van der Waals surface area contributed by atoms with E-state index in [1.54, 1.807) is 23.1 Å². The third kappa shape index (κ3) is 3.10. The Morgan fingerprint density at radius 2 is 1.92 bits per heavy atom. The smallest absolute Gasteiger partial charge is 0.270 e. The average Bonchev–Trinajstić information content (AvgIpc) is 3.22. The van der Waals surface area contributed by atoms with E-state index in [9.17, 15) is 9.59 Å². The predicted octanol–water partition coefficient (Wildman–Crippen LogP) is 2.54. The van der Waals surface area contributed by atoms with Crippen LogP contribution in [0.4, 0.5) is 0 Å². The third-order valence-corrected chi connectivity index (χ3v) is 4.44. The van der Waals surface area contributed by atoms with Gasteiger partial charge in [0.05, 0.1) is 11.0 Å². The van der Waals surface area contributed by atoms with E-state index < -0.39 is 0 Å². The van der Waals surface area contributed by atoms with Crippen LogP contribution in [-0.4, -0.2) is 32.9 Å². The van der Waals surface area contributed by atoms with Crippen molar-refractivity contribution in [2.75, 3.05) is 12.0 Å². The molecular weight excluding hydrogens is 316 g/mol. The molecule has 0 aliphatic carbocycles. The molecule has 2 heterocycles. The van der Waals surface area contributed by atoms with Crippen LogP contribution in [0.15, 0.2) is 54.9 Å². The number of rotatable bonds is 4. The minimum Gasteiger partial charge on any atom is -0.338 e. The van der Waals surface area contributed by atoms with Gasteiger partial charge in [0.2, 0.25) is 5.91 Å². The predicted molar refractivity (Wildman–Crippen MR) is 94.5 cm³/mol. The van der Waals surface area contributed by atoms with E-state index in [0.717, 1.165) is 29.6 Å². The van der Waals surface area contributed by atoms with E-state index in [4.69, 9.17) is 0 Å². The van der Waals surface area contributed by atoms with Gasteiger partial charge in [-0.1, -0.05) is 24.3 Å².